The number of rotatable bonds is 9. The third-order valence-electron chi connectivity index (χ3n) is 7.27. The molecule has 0 bridgehead atoms. The summed E-state index contributed by atoms with van der Waals surface area (Å²) in [5.74, 6) is 5.75. The number of benzene rings is 2. The lowest BCUT2D eigenvalue weighted by Gasteiger charge is -2.38. The summed E-state index contributed by atoms with van der Waals surface area (Å²) in [6.07, 6.45) is 2.96. The average Bonchev–Trinajstić information content (AvgIpc) is 2.92. The molecule has 4 rings (SSSR count). The van der Waals surface area contributed by atoms with Gasteiger partial charge in [0.15, 0.2) is 0 Å². The molecule has 2 heterocycles. The van der Waals surface area contributed by atoms with Gasteiger partial charge >= 0.3 is 5.97 Å². The fourth-order valence-corrected chi connectivity index (χ4v) is 5.32. The molecule has 1 N–H and O–H groups in total. The second-order valence-corrected chi connectivity index (χ2v) is 10.1. The zero-order chi connectivity index (χ0) is 27.1. The van der Waals surface area contributed by atoms with Crippen LogP contribution in [0.2, 0.25) is 5.02 Å². The molecule has 3 aromatic rings. The van der Waals surface area contributed by atoms with Gasteiger partial charge in [0.05, 0.1) is 24.2 Å². The summed E-state index contributed by atoms with van der Waals surface area (Å²) in [6, 6.07) is 11.7. The molecule has 5 nitrogen and oxygen atoms in total. The number of alkyl halides is 1. The predicted octanol–water partition coefficient (Wildman–Crippen LogP) is 6.68. The van der Waals surface area contributed by atoms with E-state index in [0.717, 1.165) is 23.9 Å². The largest absolute Gasteiger partial charge is 0.497 e. The van der Waals surface area contributed by atoms with Gasteiger partial charge in [-0.25, -0.2) is 8.78 Å². The zero-order valence-electron chi connectivity index (χ0n) is 21.3. The van der Waals surface area contributed by atoms with E-state index < -0.39 is 18.0 Å². The van der Waals surface area contributed by atoms with Gasteiger partial charge in [0.1, 0.15) is 17.7 Å². The van der Waals surface area contributed by atoms with E-state index in [2.05, 4.69) is 21.7 Å². The fraction of sp³-hybridized carbons (Fsp3) is 0.400. The number of aromatic nitrogens is 1. The molecule has 0 saturated carbocycles. The highest BCUT2D eigenvalue weighted by Crippen LogP contribution is 2.36. The summed E-state index contributed by atoms with van der Waals surface area (Å²) in [7, 11) is 1.58. The molecule has 8 heteroatoms. The summed E-state index contributed by atoms with van der Waals surface area (Å²) in [5.41, 5.74) is 1.88. The first-order valence-electron chi connectivity index (χ1n) is 12.8. The van der Waals surface area contributed by atoms with Crippen molar-refractivity contribution in [2.45, 2.75) is 38.3 Å². The Morgan fingerprint density at radius 1 is 1.24 bits per heavy atom. The van der Waals surface area contributed by atoms with Crippen molar-refractivity contribution in [1.29, 1.82) is 0 Å². The molecule has 200 valence electrons. The number of hydrogen-bond acceptors (Lipinski definition) is 4. The molecule has 1 aromatic heterocycles. The van der Waals surface area contributed by atoms with E-state index in [9.17, 15) is 14.3 Å². The molecule has 1 unspecified atom stereocenters. The number of hydrogen-bond donors (Lipinski definition) is 1. The molecule has 0 amide bonds. The molecular formula is C30H31ClF2N2O3. The number of nitrogens with zero attached hydrogens (tertiary/aromatic N) is 2. The molecule has 1 aliphatic rings. The van der Waals surface area contributed by atoms with E-state index in [0.29, 0.717) is 49.2 Å². The molecule has 1 fully saturated rings. The van der Waals surface area contributed by atoms with Gasteiger partial charge in [-0.15, -0.1) is 0 Å². The van der Waals surface area contributed by atoms with Crippen LogP contribution in [0.3, 0.4) is 0 Å². The van der Waals surface area contributed by atoms with Crippen molar-refractivity contribution in [3.05, 3.63) is 70.6 Å². The number of carboxylic acids is 1. The van der Waals surface area contributed by atoms with Crippen molar-refractivity contribution < 1.29 is 23.4 Å². The lowest BCUT2D eigenvalue weighted by Crippen LogP contribution is -2.41. The number of methoxy groups -OCH3 is 1. The van der Waals surface area contributed by atoms with Gasteiger partial charge in [-0.1, -0.05) is 23.4 Å². The number of carbonyl (C=O) groups is 1. The van der Waals surface area contributed by atoms with Crippen LogP contribution >= 0.6 is 11.6 Å². The van der Waals surface area contributed by atoms with Crippen LogP contribution in [0.5, 0.6) is 5.75 Å². The number of fused-ring (bicyclic) bond motifs is 1. The van der Waals surface area contributed by atoms with Gasteiger partial charge in [0, 0.05) is 30.1 Å². The van der Waals surface area contributed by atoms with Crippen molar-refractivity contribution in [3.8, 4) is 17.6 Å². The number of aliphatic carboxylic acids is 1. The Morgan fingerprint density at radius 3 is 2.84 bits per heavy atom. The molecule has 1 aliphatic heterocycles. The minimum absolute atomic E-state index is 0.0613. The topological polar surface area (TPSA) is 62.7 Å². The smallest absolute Gasteiger partial charge is 0.303 e. The number of piperidine rings is 1. The number of carboxylic acid groups (broad SMARTS) is 1. The van der Waals surface area contributed by atoms with Crippen molar-refractivity contribution >= 4 is 28.5 Å². The monoisotopic (exact) mass is 540 g/mol. The lowest BCUT2D eigenvalue weighted by atomic mass is 9.79. The summed E-state index contributed by atoms with van der Waals surface area (Å²) >= 11 is 5.73. The van der Waals surface area contributed by atoms with E-state index in [1.54, 1.807) is 25.4 Å². The minimum Gasteiger partial charge on any atom is -0.497 e. The Kier molecular flexibility index (Phi) is 9.54. The standard InChI is InChI=1S/C30H31ClF2N2O3/c1-38-23-7-10-29-25(18-23)24(12-14-34-29)27(32)9-5-21-13-16-35(19-22(21)6-11-30(36)37)15-2-3-20-4-8-26(31)28(33)17-20/h4,7-8,10,12,14,17-18,21-22,27H,5-6,9,11,13,15-16,19H2,1H3,(H,36,37)/t21-,22+,27?/m1/s1. The molecule has 0 spiro atoms. The predicted molar refractivity (Wildman–Crippen MR) is 145 cm³/mol. The molecule has 3 atom stereocenters. The van der Waals surface area contributed by atoms with Crippen LogP contribution in [0, 0.1) is 29.5 Å². The highest BCUT2D eigenvalue weighted by atomic mass is 35.5. The molecule has 38 heavy (non-hydrogen) atoms. The van der Waals surface area contributed by atoms with Gasteiger partial charge in [-0.2, -0.15) is 0 Å². The first kappa shape index (κ1) is 27.8. The lowest BCUT2D eigenvalue weighted by molar-refractivity contribution is -0.137. The quantitative estimate of drug-likeness (QED) is 0.307. The molecule has 1 saturated heterocycles. The zero-order valence-corrected chi connectivity index (χ0v) is 22.1. The fourth-order valence-electron chi connectivity index (χ4n) is 5.21. The van der Waals surface area contributed by atoms with Gasteiger partial charge in [0.2, 0.25) is 0 Å². The molecular weight excluding hydrogens is 510 g/mol. The van der Waals surface area contributed by atoms with Gasteiger partial charge in [-0.05, 0) is 92.1 Å². The van der Waals surface area contributed by atoms with E-state index in [1.807, 2.05) is 18.2 Å². The van der Waals surface area contributed by atoms with E-state index in [4.69, 9.17) is 16.3 Å². The van der Waals surface area contributed by atoms with Crippen molar-refractivity contribution in [3.63, 3.8) is 0 Å². The van der Waals surface area contributed by atoms with Crippen molar-refractivity contribution in [2.75, 3.05) is 26.7 Å². The second-order valence-electron chi connectivity index (χ2n) is 9.74. The maximum Gasteiger partial charge on any atom is 0.303 e. The summed E-state index contributed by atoms with van der Waals surface area (Å²) in [5, 5.41) is 10.1. The third kappa shape index (κ3) is 7.21. The third-order valence-corrected chi connectivity index (χ3v) is 7.58. The van der Waals surface area contributed by atoms with Crippen LogP contribution in [-0.2, 0) is 4.79 Å². The summed E-state index contributed by atoms with van der Waals surface area (Å²) < 4.78 is 34.5. The second kappa shape index (κ2) is 13.0. The van der Waals surface area contributed by atoms with Crippen molar-refractivity contribution in [2.24, 2.45) is 11.8 Å². The Bertz CT molecular complexity index is 1340. The SMILES string of the molecule is COc1ccc2nccc(C(F)CC[C@@H]3CCN(CC#Cc4ccc(Cl)c(F)c4)C[C@@H]3CCC(=O)O)c2c1. The summed E-state index contributed by atoms with van der Waals surface area (Å²) in [6.45, 7) is 2.00. The number of ether oxygens (including phenoxy) is 1. The first-order chi connectivity index (χ1) is 18.3. The van der Waals surface area contributed by atoms with Crippen LogP contribution in [0.15, 0.2) is 48.7 Å². The molecule has 0 radical (unpaired) electrons. The molecule has 0 aliphatic carbocycles. The van der Waals surface area contributed by atoms with E-state index in [1.165, 1.54) is 12.1 Å². The first-order valence-corrected chi connectivity index (χ1v) is 13.2. The minimum atomic E-state index is -1.16. The van der Waals surface area contributed by atoms with Gasteiger partial charge in [0.25, 0.3) is 0 Å². The van der Waals surface area contributed by atoms with E-state index >= 15 is 4.39 Å². The maximum atomic E-state index is 15.5. The number of likely N-dealkylation sites (tertiary alicyclic amines) is 1. The van der Waals surface area contributed by atoms with Crippen LogP contribution in [-0.4, -0.2) is 47.7 Å². The molecule has 2 aromatic carbocycles. The average molecular weight is 541 g/mol. The normalized spacial score (nSPS) is 18.5. The summed E-state index contributed by atoms with van der Waals surface area (Å²) in [4.78, 5) is 17.8. The van der Waals surface area contributed by atoms with E-state index in [-0.39, 0.29) is 23.3 Å². The Morgan fingerprint density at radius 2 is 2.08 bits per heavy atom. The maximum absolute atomic E-state index is 15.5. The number of halogens is 3. The number of pyridine rings is 1. The van der Waals surface area contributed by atoms with Gasteiger partial charge in [-0.3, -0.25) is 14.7 Å². The Hall–Kier alpha value is -3.21. The van der Waals surface area contributed by atoms with Gasteiger partial charge < -0.3 is 9.84 Å². The Labute approximate surface area is 226 Å². The Balaban J connectivity index is 1.39. The van der Waals surface area contributed by atoms with Crippen LogP contribution < -0.4 is 4.74 Å². The van der Waals surface area contributed by atoms with Crippen LogP contribution in [0.1, 0.15) is 49.4 Å². The van der Waals surface area contributed by atoms with Crippen LogP contribution in [0.25, 0.3) is 10.9 Å². The van der Waals surface area contributed by atoms with Crippen molar-refractivity contribution in [1.82, 2.24) is 9.88 Å². The highest BCUT2D eigenvalue weighted by molar-refractivity contribution is 6.30. The van der Waals surface area contributed by atoms with Crippen LogP contribution in [0.4, 0.5) is 8.78 Å². The highest BCUT2D eigenvalue weighted by Gasteiger charge is 2.30.